The maximum atomic E-state index is 12.9. The normalized spacial score (nSPS) is 16.0. The number of sulfonamides is 1. The molecule has 1 aromatic carbocycles. The molecule has 1 aliphatic heterocycles. The van der Waals surface area contributed by atoms with E-state index in [1.54, 1.807) is 0 Å². The molecule has 0 atom stereocenters. The fraction of sp³-hybridized carbons (Fsp3) is 0.571. The molecule has 1 fully saturated rings. The molecule has 0 amide bonds. The van der Waals surface area contributed by atoms with Crippen LogP contribution in [0.2, 0.25) is 0 Å². The average Bonchev–Trinajstić information content (AvgIpc) is 2.47. The highest BCUT2D eigenvalue weighted by Crippen LogP contribution is 2.33. The van der Waals surface area contributed by atoms with Crippen molar-refractivity contribution in [3.8, 4) is 0 Å². The van der Waals surface area contributed by atoms with E-state index in [0.29, 0.717) is 12.6 Å². The van der Waals surface area contributed by atoms with Crippen LogP contribution < -0.4 is 10.0 Å². The quantitative estimate of drug-likeness (QED) is 0.760. The first kappa shape index (κ1) is 24.4. The fourth-order valence-corrected chi connectivity index (χ4v) is 3.48. The number of hydrogen-bond donors (Lipinski definition) is 2. The van der Waals surface area contributed by atoms with E-state index in [1.165, 1.54) is 19.1 Å². The van der Waals surface area contributed by atoms with E-state index >= 15 is 0 Å². The first-order valence-electron chi connectivity index (χ1n) is 7.31. The molecule has 5 nitrogen and oxygen atoms in total. The van der Waals surface area contributed by atoms with Crippen LogP contribution in [0, 0.1) is 6.92 Å². The lowest BCUT2D eigenvalue weighted by atomic mass is 10.1. The number of nitrogens with zero attached hydrogens (tertiary/aromatic N) is 1. The van der Waals surface area contributed by atoms with Gasteiger partial charge in [-0.3, -0.25) is 4.90 Å². The van der Waals surface area contributed by atoms with Crippen LogP contribution in [0.5, 0.6) is 0 Å². The van der Waals surface area contributed by atoms with Gasteiger partial charge >= 0.3 is 6.18 Å². The third-order valence-electron chi connectivity index (χ3n) is 3.75. The van der Waals surface area contributed by atoms with Gasteiger partial charge in [0.15, 0.2) is 0 Å². The number of alkyl halides is 3. The Labute approximate surface area is 158 Å². The smallest absolute Gasteiger partial charge is 0.314 e. The Balaban J connectivity index is 0.00000288. The molecular formula is C14H22Cl2F3N3O2S. The van der Waals surface area contributed by atoms with Crippen LogP contribution in [0.1, 0.15) is 11.1 Å². The van der Waals surface area contributed by atoms with Crippen molar-refractivity contribution in [1.29, 1.82) is 0 Å². The van der Waals surface area contributed by atoms with Gasteiger partial charge in [-0.25, -0.2) is 13.1 Å². The number of halogens is 5. The largest absolute Gasteiger partial charge is 0.416 e. The number of rotatable bonds is 5. The first-order chi connectivity index (χ1) is 10.7. The number of piperazine rings is 1. The zero-order valence-corrected chi connectivity index (χ0v) is 16.0. The Kier molecular flexibility index (Phi) is 9.71. The third-order valence-corrected chi connectivity index (χ3v) is 5.21. The maximum absolute atomic E-state index is 12.9. The third kappa shape index (κ3) is 6.92. The van der Waals surface area contributed by atoms with Crippen molar-refractivity contribution < 1.29 is 21.6 Å². The molecule has 0 aliphatic carbocycles. The summed E-state index contributed by atoms with van der Waals surface area (Å²) in [5.41, 5.74) is -0.931. The summed E-state index contributed by atoms with van der Waals surface area (Å²) in [6.45, 7) is 5.34. The molecule has 25 heavy (non-hydrogen) atoms. The summed E-state index contributed by atoms with van der Waals surface area (Å²) in [4.78, 5) is 1.73. The SMILES string of the molecule is Cc1ccc(S(=O)(=O)NCCN2CCNCC2)cc1C(F)(F)F.Cl.Cl. The summed E-state index contributed by atoms with van der Waals surface area (Å²) in [6.07, 6.45) is -4.57. The molecule has 11 heteroatoms. The maximum Gasteiger partial charge on any atom is 0.416 e. The summed E-state index contributed by atoms with van der Waals surface area (Å²) < 4.78 is 65.3. The van der Waals surface area contributed by atoms with E-state index < -0.39 is 21.8 Å². The van der Waals surface area contributed by atoms with E-state index in [2.05, 4.69) is 14.9 Å². The Hall–Kier alpha value is -0.580. The van der Waals surface area contributed by atoms with Crippen molar-refractivity contribution in [3.05, 3.63) is 29.3 Å². The van der Waals surface area contributed by atoms with Gasteiger partial charge in [0, 0.05) is 39.3 Å². The summed E-state index contributed by atoms with van der Waals surface area (Å²) in [5.74, 6) is 0. The Morgan fingerprint density at radius 1 is 1.20 bits per heavy atom. The lowest BCUT2D eigenvalue weighted by Crippen LogP contribution is -2.46. The summed E-state index contributed by atoms with van der Waals surface area (Å²) >= 11 is 0. The van der Waals surface area contributed by atoms with E-state index in [1.807, 2.05) is 0 Å². The lowest BCUT2D eigenvalue weighted by molar-refractivity contribution is -0.138. The second kappa shape index (κ2) is 9.94. The van der Waals surface area contributed by atoms with Crippen LogP contribution in [-0.2, 0) is 16.2 Å². The summed E-state index contributed by atoms with van der Waals surface area (Å²) in [7, 11) is -3.95. The van der Waals surface area contributed by atoms with Crippen LogP contribution in [0.25, 0.3) is 0 Å². The molecule has 1 aromatic rings. The summed E-state index contributed by atoms with van der Waals surface area (Å²) in [6, 6.07) is 3.05. The second-order valence-corrected chi connectivity index (χ2v) is 7.23. The van der Waals surface area contributed by atoms with Crippen molar-refractivity contribution in [3.63, 3.8) is 0 Å². The van der Waals surface area contributed by atoms with Gasteiger partial charge in [0.05, 0.1) is 10.5 Å². The van der Waals surface area contributed by atoms with Crippen LogP contribution in [0.4, 0.5) is 13.2 Å². The number of hydrogen-bond acceptors (Lipinski definition) is 4. The molecule has 146 valence electrons. The van der Waals surface area contributed by atoms with Gasteiger partial charge in [-0.05, 0) is 24.6 Å². The number of nitrogens with one attached hydrogen (secondary N) is 2. The molecule has 2 rings (SSSR count). The lowest BCUT2D eigenvalue weighted by Gasteiger charge is -2.27. The molecule has 1 aliphatic rings. The number of aryl methyl sites for hydroxylation is 1. The number of benzene rings is 1. The fourth-order valence-electron chi connectivity index (χ4n) is 2.43. The van der Waals surface area contributed by atoms with Gasteiger partial charge < -0.3 is 5.32 Å². The van der Waals surface area contributed by atoms with Gasteiger partial charge in [-0.2, -0.15) is 13.2 Å². The summed E-state index contributed by atoms with van der Waals surface area (Å²) in [5, 5.41) is 3.19. The average molecular weight is 424 g/mol. The van der Waals surface area contributed by atoms with E-state index in [4.69, 9.17) is 0 Å². The zero-order chi connectivity index (χ0) is 17.1. The molecule has 0 unspecified atom stereocenters. The van der Waals surface area contributed by atoms with Gasteiger partial charge in [0.1, 0.15) is 0 Å². The monoisotopic (exact) mass is 423 g/mol. The highest BCUT2D eigenvalue weighted by atomic mass is 35.5. The molecule has 1 saturated heterocycles. The highest BCUT2D eigenvalue weighted by molar-refractivity contribution is 7.89. The molecular weight excluding hydrogens is 402 g/mol. The van der Waals surface area contributed by atoms with Gasteiger partial charge in [-0.15, -0.1) is 24.8 Å². The Morgan fingerprint density at radius 3 is 2.36 bits per heavy atom. The molecule has 0 saturated carbocycles. The van der Waals surface area contributed by atoms with Crippen molar-refractivity contribution >= 4 is 34.8 Å². The molecule has 0 spiro atoms. The van der Waals surface area contributed by atoms with E-state index in [-0.39, 0.29) is 41.8 Å². The first-order valence-corrected chi connectivity index (χ1v) is 8.79. The Bertz CT molecular complexity index is 651. The van der Waals surface area contributed by atoms with Gasteiger partial charge in [0.25, 0.3) is 0 Å². The van der Waals surface area contributed by atoms with E-state index in [0.717, 1.165) is 26.2 Å². The minimum Gasteiger partial charge on any atom is -0.314 e. The van der Waals surface area contributed by atoms with Gasteiger partial charge in [-0.1, -0.05) is 6.07 Å². The van der Waals surface area contributed by atoms with Crippen LogP contribution in [0.3, 0.4) is 0 Å². The molecule has 0 radical (unpaired) electrons. The predicted molar refractivity (Wildman–Crippen MR) is 95.2 cm³/mol. The zero-order valence-electron chi connectivity index (χ0n) is 13.6. The van der Waals surface area contributed by atoms with Gasteiger partial charge in [0.2, 0.25) is 10.0 Å². The van der Waals surface area contributed by atoms with Crippen molar-refractivity contribution in [2.75, 3.05) is 39.3 Å². The minimum atomic E-state index is -4.57. The second-order valence-electron chi connectivity index (χ2n) is 5.46. The standard InChI is InChI=1S/C14H20F3N3O2S.2ClH/c1-11-2-3-12(10-13(11)14(15,16)17)23(21,22)19-6-9-20-7-4-18-5-8-20;;/h2-3,10,18-19H,4-9H2,1H3;2*1H. The topological polar surface area (TPSA) is 61.4 Å². The Morgan fingerprint density at radius 2 is 1.80 bits per heavy atom. The predicted octanol–water partition coefficient (Wildman–Crippen LogP) is 2.04. The van der Waals surface area contributed by atoms with Crippen molar-refractivity contribution in [1.82, 2.24) is 14.9 Å². The van der Waals surface area contributed by atoms with E-state index in [9.17, 15) is 21.6 Å². The highest BCUT2D eigenvalue weighted by Gasteiger charge is 2.33. The molecule has 0 bridgehead atoms. The molecule has 2 N–H and O–H groups in total. The van der Waals surface area contributed by atoms with Crippen LogP contribution in [0.15, 0.2) is 23.1 Å². The molecule has 0 aromatic heterocycles. The minimum absolute atomic E-state index is 0. The molecule has 1 heterocycles. The van der Waals surface area contributed by atoms with Crippen LogP contribution >= 0.6 is 24.8 Å². The van der Waals surface area contributed by atoms with Crippen LogP contribution in [-0.4, -0.2) is 52.6 Å². The van der Waals surface area contributed by atoms with Crippen molar-refractivity contribution in [2.24, 2.45) is 0 Å². The van der Waals surface area contributed by atoms with Crippen molar-refractivity contribution in [2.45, 2.75) is 18.0 Å².